The van der Waals surface area contributed by atoms with Crippen LogP contribution in [0.25, 0.3) is 0 Å². The van der Waals surface area contributed by atoms with Crippen molar-refractivity contribution in [1.29, 1.82) is 0 Å². The van der Waals surface area contributed by atoms with E-state index < -0.39 is 10.0 Å². The maximum atomic E-state index is 11.3. The molecule has 0 aliphatic heterocycles. The van der Waals surface area contributed by atoms with E-state index in [9.17, 15) is 8.42 Å². The third kappa shape index (κ3) is 4.38. The SMILES string of the molecule is CCc1ccc(C(C)NCc2cccc(S(N)(=O)=O)c2)s1. The van der Waals surface area contributed by atoms with E-state index >= 15 is 0 Å². The van der Waals surface area contributed by atoms with Crippen molar-refractivity contribution in [2.45, 2.75) is 37.8 Å². The fourth-order valence-corrected chi connectivity index (χ4v) is 3.58. The fraction of sp³-hybridized carbons (Fsp3) is 0.333. The average molecular weight is 324 g/mol. The van der Waals surface area contributed by atoms with E-state index in [1.54, 1.807) is 23.5 Å². The van der Waals surface area contributed by atoms with Crippen LogP contribution in [0, 0.1) is 0 Å². The normalized spacial score (nSPS) is 13.3. The van der Waals surface area contributed by atoms with E-state index in [2.05, 4.69) is 31.3 Å². The van der Waals surface area contributed by atoms with Crippen molar-refractivity contribution in [1.82, 2.24) is 5.32 Å². The van der Waals surface area contributed by atoms with Gasteiger partial charge in [0.15, 0.2) is 0 Å². The number of nitrogens with two attached hydrogens (primary N) is 1. The maximum Gasteiger partial charge on any atom is 0.238 e. The molecule has 0 radical (unpaired) electrons. The zero-order valence-corrected chi connectivity index (χ0v) is 13.8. The second-order valence-electron chi connectivity index (χ2n) is 4.95. The largest absolute Gasteiger partial charge is 0.305 e. The van der Waals surface area contributed by atoms with Crippen LogP contribution in [0.5, 0.6) is 0 Å². The zero-order chi connectivity index (χ0) is 15.5. The molecule has 0 fully saturated rings. The summed E-state index contributed by atoms with van der Waals surface area (Å²) >= 11 is 1.81. The van der Waals surface area contributed by atoms with Crippen LogP contribution >= 0.6 is 11.3 Å². The van der Waals surface area contributed by atoms with Crippen LogP contribution < -0.4 is 10.5 Å². The highest BCUT2D eigenvalue weighted by Crippen LogP contribution is 2.23. The Morgan fingerprint density at radius 2 is 2.05 bits per heavy atom. The summed E-state index contributed by atoms with van der Waals surface area (Å²) in [5.74, 6) is 0. The molecule has 1 atom stereocenters. The van der Waals surface area contributed by atoms with Gasteiger partial charge in [0.05, 0.1) is 4.90 Å². The molecule has 1 aromatic heterocycles. The van der Waals surface area contributed by atoms with Crippen molar-refractivity contribution in [3.8, 4) is 0 Å². The molecule has 0 aliphatic rings. The van der Waals surface area contributed by atoms with Gasteiger partial charge in [0.1, 0.15) is 0 Å². The monoisotopic (exact) mass is 324 g/mol. The van der Waals surface area contributed by atoms with Crippen LogP contribution in [0.15, 0.2) is 41.3 Å². The topological polar surface area (TPSA) is 72.2 Å². The van der Waals surface area contributed by atoms with Gasteiger partial charge in [0, 0.05) is 22.3 Å². The standard InChI is InChI=1S/C15H20N2O2S2/c1-3-13-7-8-15(20-13)11(2)17-10-12-5-4-6-14(9-12)21(16,18)19/h4-9,11,17H,3,10H2,1-2H3,(H2,16,18,19). The first-order chi connectivity index (χ1) is 9.90. The van der Waals surface area contributed by atoms with Crippen molar-refractivity contribution in [3.63, 3.8) is 0 Å². The molecule has 1 unspecified atom stereocenters. The van der Waals surface area contributed by atoms with Gasteiger partial charge in [-0.25, -0.2) is 13.6 Å². The molecule has 0 amide bonds. The molecule has 21 heavy (non-hydrogen) atoms. The van der Waals surface area contributed by atoms with Gasteiger partial charge in [-0.1, -0.05) is 19.1 Å². The second kappa shape index (κ2) is 6.70. The van der Waals surface area contributed by atoms with Gasteiger partial charge in [-0.05, 0) is 43.2 Å². The fourth-order valence-electron chi connectivity index (χ4n) is 2.02. The van der Waals surface area contributed by atoms with Gasteiger partial charge in [-0.15, -0.1) is 11.3 Å². The van der Waals surface area contributed by atoms with Crippen LogP contribution in [0.3, 0.4) is 0 Å². The Kier molecular flexibility index (Phi) is 5.16. The zero-order valence-electron chi connectivity index (χ0n) is 12.2. The smallest absolute Gasteiger partial charge is 0.238 e. The predicted molar refractivity (Wildman–Crippen MR) is 86.8 cm³/mol. The Labute approximate surface area is 130 Å². The minimum absolute atomic E-state index is 0.152. The lowest BCUT2D eigenvalue weighted by Crippen LogP contribution is -2.18. The first-order valence-corrected chi connectivity index (χ1v) is 9.20. The maximum absolute atomic E-state index is 11.3. The molecule has 0 bridgehead atoms. The van der Waals surface area contributed by atoms with Gasteiger partial charge >= 0.3 is 0 Å². The molecular formula is C15H20N2O2S2. The quantitative estimate of drug-likeness (QED) is 0.858. The Morgan fingerprint density at radius 1 is 1.29 bits per heavy atom. The molecule has 3 N–H and O–H groups in total. The van der Waals surface area contributed by atoms with Gasteiger partial charge in [-0.3, -0.25) is 0 Å². The number of primary sulfonamides is 1. The summed E-state index contributed by atoms with van der Waals surface area (Å²) in [4.78, 5) is 2.81. The minimum atomic E-state index is -3.64. The first-order valence-electron chi connectivity index (χ1n) is 6.84. The summed E-state index contributed by atoms with van der Waals surface area (Å²) in [7, 11) is -3.64. The van der Waals surface area contributed by atoms with E-state index in [0.717, 1.165) is 12.0 Å². The third-order valence-corrected chi connectivity index (χ3v) is 5.62. The summed E-state index contributed by atoms with van der Waals surface area (Å²) in [5.41, 5.74) is 0.903. The van der Waals surface area contributed by atoms with Crippen molar-refractivity contribution < 1.29 is 8.42 Å². The molecule has 2 rings (SSSR count). The highest BCUT2D eigenvalue weighted by molar-refractivity contribution is 7.89. The Morgan fingerprint density at radius 3 is 2.67 bits per heavy atom. The van der Waals surface area contributed by atoms with Gasteiger partial charge < -0.3 is 5.32 Å². The highest BCUT2D eigenvalue weighted by Gasteiger charge is 2.10. The number of thiophene rings is 1. The van der Waals surface area contributed by atoms with Crippen LogP contribution in [0.4, 0.5) is 0 Å². The molecule has 1 aromatic carbocycles. The van der Waals surface area contributed by atoms with E-state index in [1.807, 2.05) is 6.07 Å². The van der Waals surface area contributed by atoms with Crippen LogP contribution in [-0.2, 0) is 23.0 Å². The Balaban J connectivity index is 2.02. The molecule has 114 valence electrons. The molecule has 2 aromatic rings. The molecule has 0 saturated heterocycles. The molecule has 0 saturated carbocycles. The lowest BCUT2D eigenvalue weighted by Gasteiger charge is -2.12. The molecule has 6 heteroatoms. The number of benzene rings is 1. The average Bonchev–Trinajstić information content (AvgIpc) is 2.93. The number of rotatable bonds is 6. The highest BCUT2D eigenvalue weighted by atomic mass is 32.2. The summed E-state index contributed by atoms with van der Waals surface area (Å²) < 4.78 is 22.7. The summed E-state index contributed by atoms with van der Waals surface area (Å²) in [6.45, 7) is 4.85. The van der Waals surface area contributed by atoms with Gasteiger partial charge in [0.2, 0.25) is 10.0 Å². The van der Waals surface area contributed by atoms with E-state index in [1.165, 1.54) is 15.8 Å². The van der Waals surface area contributed by atoms with Gasteiger partial charge in [-0.2, -0.15) is 0 Å². The number of aryl methyl sites for hydroxylation is 1. The van der Waals surface area contributed by atoms with Crippen LogP contribution in [0.2, 0.25) is 0 Å². The second-order valence-corrected chi connectivity index (χ2v) is 7.71. The molecular weight excluding hydrogens is 304 g/mol. The minimum Gasteiger partial charge on any atom is -0.305 e. The summed E-state index contributed by atoms with van der Waals surface area (Å²) in [5, 5.41) is 8.55. The third-order valence-electron chi connectivity index (χ3n) is 3.30. The number of hydrogen-bond acceptors (Lipinski definition) is 4. The lowest BCUT2D eigenvalue weighted by atomic mass is 10.2. The molecule has 4 nitrogen and oxygen atoms in total. The number of nitrogens with one attached hydrogen (secondary N) is 1. The predicted octanol–water partition coefficient (Wildman–Crippen LogP) is 2.81. The van der Waals surface area contributed by atoms with Crippen molar-refractivity contribution >= 4 is 21.4 Å². The van der Waals surface area contributed by atoms with Gasteiger partial charge in [0.25, 0.3) is 0 Å². The number of sulfonamides is 1. The first kappa shape index (κ1) is 16.2. The summed E-state index contributed by atoms with van der Waals surface area (Å²) in [6.07, 6.45) is 1.05. The molecule has 0 spiro atoms. The van der Waals surface area contributed by atoms with E-state index in [-0.39, 0.29) is 10.9 Å². The van der Waals surface area contributed by atoms with Crippen molar-refractivity contribution in [2.24, 2.45) is 5.14 Å². The molecule has 0 aliphatic carbocycles. The number of hydrogen-bond donors (Lipinski definition) is 2. The van der Waals surface area contributed by atoms with E-state index in [0.29, 0.717) is 6.54 Å². The Bertz CT molecular complexity index is 708. The summed E-state index contributed by atoms with van der Waals surface area (Å²) in [6, 6.07) is 11.2. The van der Waals surface area contributed by atoms with Crippen LogP contribution in [0.1, 0.15) is 35.2 Å². The molecule has 1 heterocycles. The van der Waals surface area contributed by atoms with Crippen molar-refractivity contribution in [3.05, 3.63) is 51.7 Å². The van der Waals surface area contributed by atoms with Crippen LogP contribution in [-0.4, -0.2) is 8.42 Å². The lowest BCUT2D eigenvalue weighted by molar-refractivity contribution is 0.581. The van der Waals surface area contributed by atoms with Crippen molar-refractivity contribution in [2.75, 3.05) is 0 Å². The van der Waals surface area contributed by atoms with E-state index in [4.69, 9.17) is 5.14 Å². The Hall–Kier alpha value is -1.21.